The second-order valence-electron chi connectivity index (χ2n) is 5.53. The Bertz CT molecular complexity index is 357. The lowest BCUT2D eigenvalue weighted by Gasteiger charge is -2.31. The number of hydrogen-bond donors (Lipinski definition) is 1. The number of aliphatic carboxylic acids is 1. The fourth-order valence-corrected chi connectivity index (χ4v) is 2.93. The fourth-order valence-electron chi connectivity index (χ4n) is 2.93. The molecule has 2 rings (SSSR count). The van der Waals surface area contributed by atoms with Gasteiger partial charge in [0.25, 0.3) is 0 Å². The van der Waals surface area contributed by atoms with Crippen LogP contribution in [0.25, 0.3) is 0 Å². The minimum absolute atomic E-state index is 0.0272. The molecule has 2 fully saturated rings. The summed E-state index contributed by atoms with van der Waals surface area (Å²) in [6, 6.07) is 0. The molecule has 1 N–H and O–H groups in total. The van der Waals surface area contributed by atoms with Gasteiger partial charge < -0.3 is 5.11 Å². The van der Waals surface area contributed by atoms with Crippen LogP contribution in [0.2, 0.25) is 0 Å². The number of piperidine rings is 1. The van der Waals surface area contributed by atoms with Gasteiger partial charge in [0.2, 0.25) is 11.8 Å². The van der Waals surface area contributed by atoms with E-state index in [1.165, 1.54) is 4.90 Å². The van der Waals surface area contributed by atoms with Crippen molar-refractivity contribution in [2.45, 2.75) is 39.0 Å². The minimum Gasteiger partial charge on any atom is -0.481 e. The maximum absolute atomic E-state index is 12.1. The van der Waals surface area contributed by atoms with E-state index in [1.54, 1.807) is 0 Å². The second-order valence-corrected chi connectivity index (χ2v) is 5.53. The third kappa shape index (κ3) is 2.54. The maximum atomic E-state index is 12.1. The van der Waals surface area contributed by atoms with Crippen LogP contribution in [0.4, 0.5) is 0 Å². The Morgan fingerprint density at radius 3 is 2.39 bits per heavy atom. The molecular formula is C13H19NO4. The van der Waals surface area contributed by atoms with Gasteiger partial charge in [0, 0.05) is 24.8 Å². The number of carbonyl (C=O) groups is 3. The predicted octanol–water partition coefficient (Wildman–Crippen LogP) is 1.27. The van der Waals surface area contributed by atoms with Crippen LogP contribution in [0.3, 0.4) is 0 Å². The average molecular weight is 253 g/mol. The monoisotopic (exact) mass is 253 g/mol. The zero-order chi connectivity index (χ0) is 13.3. The molecular weight excluding hydrogens is 234 g/mol. The molecule has 1 saturated heterocycles. The molecule has 1 heterocycles. The molecule has 1 saturated carbocycles. The van der Waals surface area contributed by atoms with Crippen molar-refractivity contribution >= 4 is 17.8 Å². The number of carboxylic acid groups (broad SMARTS) is 1. The highest BCUT2D eigenvalue weighted by atomic mass is 16.4. The summed E-state index contributed by atoms with van der Waals surface area (Å²) in [6.07, 6.45) is 2.97. The van der Waals surface area contributed by atoms with E-state index >= 15 is 0 Å². The summed E-state index contributed by atoms with van der Waals surface area (Å²) in [5.74, 6) is -0.824. The van der Waals surface area contributed by atoms with Crippen LogP contribution < -0.4 is 0 Å². The van der Waals surface area contributed by atoms with Crippen molar-refractivity contribution in [1.82, 2.24) is 4.90 Å². The number of likely N-dealkylation sites (tertiary alicyclic amines) is 1. The van der Waals surface area contributed by atoms with Crippen molar-refractivity contribution in [3.8, 4) is 0 Å². The third-order valence-corrected chi connectivity index (χ3v) is 4.01. The van der Waals surface area contributed by atoms with Crippen molar-refractivity contribution in [3.05, 3.63) is 0 Å². The first kappa shape index (κ1) is 13.1. The summed E-state index contributed by atoms with van der Waals surface area (Å²) in [6.45, 7) is 2.26. The molecule has 18 heavy (non-hydrogen) atoms. The van der Waals surface area contributed by atoms with Crippen molar-refractivity contribution in [2.24, 2.45) is 17.8 Å². The van der Waals surface area contributed by atoms with Gasteiger partial charge in [0.05, 0.1) is 0 Å². The van der Waals surface area contributed by atoms with Gasteiger partial charge in [-0.15, -0.1) is 0 Å². The molecule has 2 aliphatic rings. The number of imide groups is 1. The molecule has 100 valence electrons. The molecule has 3 unspecified atom stereocenters. The molecule has 0 radical (unpaired) electrons. The first-order valence-corrected chi connectivity index (χ1v) is 6.56. The Balaban J connectivity index is 1.93. The quantitative estimate of drug-likeness (QED) is 0.749. The number of fused-ring (bicyclic) bond motifs is 2. The number of nitrogens with zero attached hydrogens (tertiary/aromatic N) is 1. The Kier molecular flexibility index (Phi) is 3.68. The average Bonchev–Trinajstić information content (AvgIpc) is 2.76. The van der Waals surface area contributed by atoms with E-state index < -0.39 is 5.97 Å². The predicted molar refractivity (Wildman–Crippen MR) is 63.6 cm³/mol. The van der Waals surface area contributed by atoms with Gasteiger partial charge in [-0.2, -0.15) is 0 Å². The van der Waals surface area contributed by atoms with Crippen molar-refractivity contribution in [2.75, 3.05) is 6.54 Å². The highest BCUT2D eigenvalue weighted by Crippen LogP contribution is 2.38. The second kappa shape index (κ2) is 5.08. The molecule has 0 spiro atoms. The topological polar surface area (TPSA) is 74.7 Å². The van der Waals surface area contributed by atoms with Gasteiger partial charge in [-0.3, -0.25) is 19.3 Å². The fraction of sp³-hybridized carbons (Fsp3) is 0.769. The van der Waals surface area contributed by atoms with Gasteiger partial charge in [0.1, 0.15) is 0 Å². The summed E-state index contributed by atoms with van der Waals surface area (Å²) in [5, 5.41) is 8.62. The molecule has 2 bridgehead atoms. The lowest BCUT2D eigenvalue weighted by Crippen LogP contribution is -2.48. The molecule has 3 atom stereocenters. The summed E-state index contributed by atoms with van der Waals surface area (Å²) in [7, 11) is 0. The van der Waals surface area contributed by atoms with E-state index in [1.807, 2.05) is 6.92 Å². The Morgan fingerprint density at radius 2 is 1.89 bits per heavy atom. The summed E-state index contributed by atoms with van der Waals surface area (Å²) < 4.78 is 0. The zero-order valence-electron chi connectivity index (χ0n) is 10.6. The van der Waals surface area contributed by atoms with E-state index in [2.05, 4.69) is 0 Å². The highest BCUT2D eigenvalue weighted by molar-refractivity contribution is 6.00. The number of carbonyl (C=O) groups excluding carboxylic acids is 2. The first-order valence-electron chi connectivity index (χ1n) is 6.56. The van der Waals surface area contributed by atoms with Crippen LogP contribution in [0.1, 0.15) is 39.0 Å². The van der Waals surface area contributed by atoms with Gasteiger partial charge >= 0.3 is 5.97 Å². The third-order valence-electron chi connectivity index (χ3n) is 4.01. The molecule has 5 heteroatoms. The van der Waals surface area contributed by atoms with Gasteiger partial charge in [-0.1, -0.05) is 6.92 Å². The van der Waals surface area contributed by atoms with Crippen LogP contribution >= 0.6 is 0 Å². The SMILES string of the molecule is CC(CCC(=O)O)CN1C(=O)C2CCC(C2)C1=O. The Hall–Kier alpha value is -1.39. The number of rotatable bonds is 5. The van der Waals surface area contributed by atoms with E-state index in [0.717, 1.165) is 19.3 Å². The summed E-state index contributed by atoms with van der Waals surface area (Å²) in [4.78, 5) is 36.0. The first-order chi connectivity index (χ1) is 8.49. The lowest BCUT2D eigenvalue weighted by atomic mass is 9.95. The van der Waals surface area contributed by atoms with Gasteiger partial charge in [-0.05, 0) is 31.6 Å². The summed E-state index contributed by atoms with van der Waals surface area (Å²) >= 11 is 0. The van der Waals surface area contributed by atoms with E-state index in [4.69, 9.17) is 5.11 Å². The molecule has 0 aromatic carbocycles. The molecule has 2 amide bonds. The van der Waals surface area contributed by atoms with Crippen LogP contribution in [-0.4, -0.2) is 34.3 Å². The molecule has 0 aromatic rings. The van der Waals surface area contributed by atoms with Crippen LogP contribution in [0.15, 0.2) is 0 Å². The van der Waals surface area contributed by atoms with E-state index in [9.17, 15) is 14.4 Å². The number of hydrogen-bond acceptors (Lipinski definition) is 3. The molecule has 1 aliphatic carbocycles. The van der Waals surface area contributed by atoms with Crippen LogP contribution in [0.5, 0.6) is 0 Å². The van der Waals surface area contributed by atoms with Gasteiger partial charge in [-0.25, -0.2) is 0 Å². The van der Waals surface area contributed by atoms with Crippen molar-refractivity contribution in [3.63, 3.8) is 0 Å². The standard InChI is InChI=1S/C13H19NO4/c1-8(2-5-11(15)16)7-14-12(17)9-3-4-10(6-9)13(14)18/h8-10H,2-7H2,1H3,(H,15,16). The highest BCUT2D eigenvalue weighted by Gasteiger charge is 2.45. The van der Waals surface area contributed by atoms with E-state index in [0.29, 0.717) is 13.0 Å². The smallest absolute Gasteiger partial charge is 0.303 e. The largest absolute Gasteiger partial charge is 0.481 e. The minimum atomic E-state index is -0.835. The van der Waals surface area contributed by atoms with Crippen LogP contribution in [0, 0.1) is 17.8 Å². The lowest BCUT2D eigenvalue weighted by molar-refractivity contribution is -0.153. The Morgan fingerprint density at radius 1 is 1.33 bits per heavy atom. The molecule has 1 aliphatic heterocycles. The number of carboxylic acids is 1. The maximum Gasteiger partial charge on any atom is 0.303 e. The Labute approximate surface area is 106 Å². The van der Waals surface area contributed by atoms with Gasteiger partial charge in [0.15, 0.2) is 0 Å². The zero-order valence-corrected chi connectivity index (χ0v) is 10.6. The normalized spacial score (nSPS) is 28.6. The van der Waals surface area contributed by atoms with Crippen molar-refractivity contribution in [1.29, 1.82) is 0 Å². The molecule has 0 aromatic heterocycles. The molecule has 5 nitrogen and oxygen atoms in total. The van der Waals surface area contributed by atoms with E-state index in [-0.39, 0.29) is 36.0 Å². The van der Waals surface area contributed by atoms with Crippen LogP contribution in [-0.2, 0) is 14.4 Å². The summed E-state index contributed by atoms with van der Waals surface area (Å²) in [5.41, 5.74) is 0. The van der Waals surface area contributed by atoms with Crippen molar-refractivity contribution < 1.29 is 19.5 Å². The number of amides is 2.